The second kappa shape index (κ2) is 4.48. The topological polar surface area (TPSA) is 0 Å². The van der Waals surface area contributed by atoms with E-state index in [1.165, 1.54) is 32.0 Å². The molecule has 0 fully saturated rings. The maximum Gasteiger partial charge on any atom is 0.245 e. The molecule has 0 nitrogen and oxygen atoms in total. The molecule has 0 aliphatic carbocycles. The monoisotopic (exact) mass is 352 g/mol. The Morgan fingerprint density at radius 1 is 0.577 bits per heavy atom. The predicted molar refractivity (Wildman–Crippen MR) is 112 cm³/mol. The van der Waals surface area contributed by atoms with Gasteiger partial charge >= 0.3 is 0 Å². The molecule has 2 heteroatoms. The molecule has 0 saturated heterocycles. The zero-order chi connectivity index (χ0) is 17.8. The molecule has 3 aliphatic heterocycles. The summed E-state index contributed by atoms with van der Waals surface area (Å²) in [4.78, 5) is 2.90. The molecule has 0 N–H and O–H groups in total. The van der Waals surface area contributed by atoms with E-state index < -0.39 is 0 Å². The molecular weight excluding hydrogens is 331 g/mol. The molecule has 3 heterocycles. The van der Waals surface area contributed by atoms with Crippen molar-refractivity contribution in [2.75, 3.05) is 0 Å². The van der Waals surface area contributed by atoms with Crippen LogP contribution in [0.5, 0.6) is 0 Å². The minimum absolute atomic E-state index is 0.0492. The second-order valence-corrected chi connectivity index (χ2v) is 10.1. The first-order valence-electron chi connectivity index (χ1n) is 9.51. The first-order chi connectivity index (χ1) is 12.4. The summed E-state index contributed by atoms with van der Waals surface area (Å²) in [7, 11) is 0. The Balaban J connectivity index is 1.86. The molecule has 0 unspecified atom stereocenters. The van der Waals surface area contributed by atoms with Crippen LogP contribution < -0.4 is 16.4 Å². The van der Waals surface area contributed by atoms with Crippen LogP contribution in [-0.4, -0.2) is 6.71 Å². The zero-order valence-corrected chi connectivity index (χ0v) is 16.5. The van der Waals surface area contributed by atoms with Crippen LogP contribution in [0.15, 0.2) is 64.4 Å². The molecule has 0 spiro atoms. The summed E-state index contributed by atoms with van der Waals surface area (Å²) in [5, 5.41) is 0. The molecule has 0 atom stereocenters. The van der Waals surface area contributed by atoms with Gasteiger partial charge in [0.05, 0.1) is 0 Å². The Bertz CT molecular complexity index is 1040. The molecule has 0 saturated carbocycles. The predicted octanol–water partition coefficient (Wildman–Crippen LogP) is 3.95. The largest absolute Gasteiger partial charge is 0.245 e. The van der Waals surface area contributed by atoms with Gasteiger partial charge in [0.1, 0.15) is 0 Å². The smallest absolute Gasteiger partial charge is 0.0911 e. The Hall–Kier alpha value is -1.93. The van der Waals surface area contributed by atoms with Crippen LogP contribution in [0.3, 0.4) is 0 Å². The van der Waals surface area contributed by atoms with E-state index in [-0.39, 0.29) is 10.8 Å². The van der Waals surface area contributed by atoms with Gasteiger partial charge < -0.3 is 0 Å². The zero-order valence-electron chi connectivity index (χ0n) is 15.7. The van der Waals surface area contributed by atoms with E-state index >= 15 is 0 Å². The number of rotatable bonds is 0. The highest BCUT2D eigenvalue weighted by molar-refractivity contribution is 8.00. The maximum atomic E-state index is 2.40. The minimum Gasteiger partial charge on any atom is -0.0911 e. The average Bonchev–Trinajstić information content (AvgIpc) is 2.63. The van der Waals surface area contributed by atoms with E-state index in [0.29, 0.717) is 6.71 Å². The van der Waals surface area contributed by atoms with Crippen LogP contribution in [0.4, 0.5) is 0 Å². The molecule has 0 radical (unpaired) electrons. The van der Waals surface area contributed by atoms with Crippen LogP contribution >= 0.6 is 11.8 Å². The summed E-state index contributed by atoms with van der Waals surface area (Å²) in [6.45, 7) is 10.0. The van der Waals surface area contributed by atoms with Gasteiger partial charge in [-0.1, -0.05) is 98.3 Å². The summed E-state index contributed by atoms with van der Waals surface area (Å²) < 4.78 is 0. The lowest BCUT2D eigenvalue weighted by Crippen LogP contribution is -2.68. The highest BCUT2D eigenvalue weighted by Gasteiger charge is 2.50. The summed E-state index contributed by atoms with van der Waals surface area (Å²) >= 11 is 1.97. The van der Waals surface area contributed by atoms with E-state index in [0.717, 1.165) is 0 Å². The summed E-state index contributed by atoms with van der Waals surface area (Å²) in [5.41, 5.74) is 10.9. The minimum atomic E-state index is 0.0492. The fraction of sp³-hybridized carbons (Fsp3) is 0.250. The molecule has 3 aliphatic rings. The molecule has 0 amide bonds. The van der Waals surface area contributed by atoms with Gasteiger partial charge in [0.2, 0.25) is 6.71 Å². The van der Waals surface area contributed by atoms with Gasteiger partial charge in [-0.25, -0.2) is 0 Å². The molecule has 0 bridgehead atoms. The molecule has 126 valence electrons. The van der Waals surface area contributed by atoms with Crippen molar-refractivity contribution >= 4 is 34.9 Å². The normalized spacial score (nSPS) is 19.2. The molecule has 3 aromatic rings. The summed E-state index contributed by atoms with van der Waals surface area (Å²) in [5.74, 6) is 0. The van der Waals surface area contributed by atoms with E-state index in [2.05, 4.69) is 82.3 Å². The van der Waals surface area contributed by atoms with Crippen LogP contribution in [-0.2, 0) is 10.8 Å². The lowest BCUT2D eigenvalue weighted by molar-refractivity contribution is 0.619. The maximum absolute atomic E-state index is 2.40. The van der Waals surface area contributed by atoms with Crippen molar-refractivity contribution in [1.82, 2.24) is 0 Å². The Kier molecular flexibility index (Phi) is 2.62. The standard InChI is InChI=1S/C24H21BS/c1-23(2)14-8-5-9-15-20(14)25-21-16(23)10-6-12-18(21)26-19-13-7-11-17(22(19)25)24(15,3)4/h5-13H,1-4H3. The summed E-state index contributed by atoms with van der Waals surface area (Å²) in [6, 6.07) is 20.9. The number of hydrogen-bond acceptors (Lipinski definition) is 1. The van der Waals surface area contributed by atoms with Crippen molar-refractivity contribution in [2.24, 2.45) is 0 Å². The van der Waals surface area contributed by atoms with Crippen LogP contribution in [0.1, 0.15) is 49.9 Å². The third kappa shape index (κ3) is 1.53. The van der Waals surface area contributed by atoms with Crippen molar-refractivity contribution in [2.45, 2.75) is 48.3 Å². The quantitative estimate of drug-likeness (QED) is 0.432. The third-order valence-electron chi connectivity index (χ3n) is 7.02. The van der Waals surface area contributed by atoms with Crippen LogP contribution in [0, 0.1) is 0 Å². The van der Waals surface area contributed by atoms with Crippen molar-refractivity contribution < 1.29 is 0 Å². The van der Waals surface area contributed by atoms with Crippen molar-refractivity contribution in [3.8, 4) is 0 Å². The van der Waals surface area contributed by atoms with E-state index in [4.69, 9.17) is 0 Å². The second-order valence-electron chi connectivity index (χ2n) is 8.99. The first kappa shape index (κ1) is 15.2. The van der Waals surface area contributed by atoms with Gasteiger partial charge in [-0.05, 0) is 34.4 Å². The van der Waals surface area contributed by atoms with Crippen LogP contribution in [0.25, 0.3) is 0 Å². The molecule has 0 aromatic heterocycles. The van der Waals surface area contributed by atoms with Crippen molar-refractivity contribution in [3.63, 3.8) is 0 Å². The SMILES string of the molecule is CC1(C)c2cccc3c2B2c4c(cccc4C(C)(C)c4cccc1c42)S3. The fourth-order valence-corrected chi connectivity index (χ4v) is 6.97. The van der Waals surface area contributed by atoms with E-state index in [1.54, 1.807) is 16.4 Å². The van der Waals surface area contributed by atoms with Gasteiger partial charge in [0.15, 0.2) is 0 Å². The van der Waals surface area contributed by atoms with Gasteiger partial charge in [0.25, 0.3) is 0 Å². The van der Waals surface area contributed by atoms with Gasteiger partial charge in [-0.3, -0.25) is 0 Å². The molecule has 3 aromatic carbocycles. The molecule has 26 heavy (non-hydrogen) atoms. The van der Waals surface area contributed by atoms with Crippen LogP contribution in [0.2, 0.25) is 0 Å². The van der Waals surface area contributed by atoms with E-state index in [1.807, 2.05) is 11.8 Å². The summed E-state index contributed by atoms with van der Waals surface area (Å²) in [6.07, 6.45) is 0. The lowest BCUT2D eigenvalue weighted by atomic mass is 9.27. The Morgan fingerprint density at radius 3 is 1.42 bits per heavy atom. The highest BCUT2D eigenvalue weighted by atomic mass is 32.2. The van der Waals surface area contributed by atoms with E-state index in [9.17, 15) is 0 Å². The lowest BCUT2D eigenvalue weighted by Gasteiger charge is -2.49. The average molecular weight is 352 g/mol. The van der Waals surface area contributed by atoms with Gasteiger partial charge in [0, 0.05) is 20.6 Å². The highest BCUT2D eigenvalue weighted by Crippen LogP contribution is 2.45. The van der Waals surface area contributed by atoms with Gasteiger partial charge in [-0.15, -0.1) is 0 Å². The number of benzene rings is 3. The van der Waals surface area contributed by atoms with Crippen molar-refractivity contribution in [3.05, 3.63) is 76.9 Å². The Labute approximate surface area is 160 Å². The Morgan fingerprint density at radius 2 is 0.962 bits per heavy atom. The van der Waals surface area contributed by atoms with Crippen molar-refractivity contribution in [1.29, 1.82) is 0 Å². The molecular formula is C24H21BS. The number of hydrogen-bond donors (Lipinski definition) is 0. The first-order valence-corrected chi connectivity index (χ1v) is 10.3. The third-order valence-corrected chi connectivity index (χ3v) is 8.17. The fourth-order valence-electron chi connectivity index (χ4n) is 5.76. The molecule has 6 rings (SSSR count). The van der Waals surface area contributed by atoms with Gasteiger partial charge in [-0.2, -0.15) is 0 Å².